The summed E-state index contributed by atoms with van der Waals surface area (Å²) < 4.78 is 6.71. The molecule has 0 atom stereocenters. The fourth-order valence-corrected chi connectivity index (χ4v) is 1.80. The first-order chi connectivity index (χ1) is 9.78. The molecule has 0 saturated carbocycles. The molecule has 2 rings (SSSR count). The van der Waals surface area contributed by atoms with E-state index in [9.17, 15) is 4.79 Å². The van der Waals surface area contributed by atoms with Crippen LogP contribution in [0.1, 0.15) is 18.1 Å². The quantitative estimate of drug-likeness (QED) is 0.616. The Kier molecular flexibility index (Phi) is 5.07. The second-order valence-corrected chi connectivity index (χ2v) is 4.35. The predicted molar refractivity (Wildman–Crippen MR) is 78.6 cm³/mol. The average molecular weight is 268 g/mol. The zero-order valence-electron chi connectivity index (χ0n) is 11.5. The third kappa shape index (κ3) is 4.35. The molecule has 0 N–H and O–H groups in total. The number of carbonyl (C=O) groups excluding carboxylic acids is 1. The first kappa shape index (κ1) is 14.0. The highest BCUT2D eigenvalue weighted by Gasteiger charge is 2.08. The highest BCUT2D eigenvalue weighted by Crippen LogP contribution is 2.06. The molecule has 20 heavy (non-hydrogen) atoms. The van der Waals surface area contributed by atoms with Crippen molar-refractivity contribution in [1.29, 1.82) is 0 Å². The molecule has 0 spiro atoms. The van der Waals surface area contributed by atoms with Crippen LogP contribution in [0.15, 0.2) is 54.9 Å². The van der Waals surface area contributed by atoms with Gasteiger partial charge in [0.2, 0.25) is 6.54 Å². The number of rotatable bonds is 5. The molecule has 0 bridgehead atoms. The fourth-order valence-electron chi connectivity index (χ4n) is 1.80. The topological polar surface area (TPSA) is 30.2 Å². The fraction of sp³-hybridized carbons (Fsp3) is 0.176. The number of hydrogen-bond donors (Lipinski definition) is 0. The average Bonchev–Trinajstić information content (AvgIpc) is 2.48. The third-order valence-electron chi connectivity index (χ3n) is 2.80. The van der Waals surface area contributed by atoms with E-state index < -0.39 is 0 Å². The molecule has 3 nitrogen and oxygen atoms in total. The second-order valence-electron chi connectivity index (χ2n) is 4.35. The van der Waals surface area contributed by atoms with Gasteiger partial charge in [-0.25, -0.2) is 4.79 Å². The van der Waals surface area contributed by atoms with Gasteiger partial charge in [0.05, 0.1) is 6.61 Å². The Morgan fingerprint density at radius 1 is 1.05 bits per heavy atom. The van der Waals surface area contributed by atoms with Gasteiger partial charge in [-0.05, 0) is 18.1 Å². The Labute approximate surface area is 119 Å². The van der Waals surface area contributed by atoms with Gasteiger partial charge in [-0.1, -0.05) is 42.5 Å². The molecule has 0 radical (unpaired) electrons. The van der Waals surface area contributed by atoms with Crippen molar-refractivity contribution < 1.29 is 14.1 Å². The third-order valence-corrected chi connectivity index (χ3v) is 2.80. The zero-order chi connectivity index (χ0) is 14.2. The van der Waals surface area contributed by atoms with Gasteiger partial charge in [0.15, 0.2) is 12.4 Å². The van der Waals surface area contributed by atoms with Gasteiger partial charge >= 0.3 is 5.97 Å². The predicted octanol–water partition coefficient (Wildman–Crippen LogP) is 2.71. The van der Waals surface area contributed by atoms with Crippen LogP contribution >= 0.6 is 0 Å². The van der Waals surface area contributed by atoms with Crippen LogP contribution in [0.4, 0.5) is 0 Å². The number of ether oxygens (including phenoxy) is 1. The van der Waals surface area contributed by atoms with E-state index in [1.54, 1.807) is 11.5 Å². The summed E-state index contributed by atoms with van der Waals surface area (Å²) in [6, 6.07) is 14.1. The summed E-state index contributed by atoms with van der Waals surface area (Å²) >= 11 is 0. The van der Waals surface area contributed by atoms with E-state index in [-0.39, 0.29) is 12.5 Å². The van der Waals surface area contributed by atoms with Crippen LogP contribution in [-0.2, 0) is 16.1 Å². The lowest BCUT2D eigenvalue weighted by molar-refractivity contribution is -0.686. The van der Waals surface area contributed by atoms with Crippen molar-refractivity contribution in [2.75, 3.05) is 6.61 Å². The van der Waals surface area contributed by atoms with Gasteiger partial charge in [0.1, 0.15) is 0 Å². The molecule has 0 fully saturated rings. The Bertz CT molecular complexity index is 574. The molecule has 0 aliphatic heterocycles. The van der Waals surface area contributed by atoms with Crippen molar-refractivity contribution in [3.63, 3.8) is 0 Å². The number of pyridine rings is 1. The molecule has 0 aliphatic carbocycles. The monoisotopic (exact) mass is 268 g/mol. The molecule has 1 aromatic heterocycles. The smallest absolute Gasteiger partial charge is 0.372 e. The second kappa shape index (κ2) is 7.24. The van der Waals surface area contributed by atoms with E-state index in [0.29, 0.717) is 6.61 Å². The molecule has 0 amide bonds. The lowest BCUT2D eigenvalue weighted by Gasteiger charge is -1.98. The Hall–Kier alpha value is -2.42. The zero-order valence-corrected chi connectivity index (χ0v) is 11.5. The van der Waals surface area contributed by atoms with Gasteiger partial charge in [-0.2, -0.15) is 4.57 Å². The van der Waals surface area contributed by atoms with Gasteiger partial charge in [0.25, 0.3) is 0 Å². The van der Waals surface area contributed by atoms with E-state index in [2.05, 4.69) is 18.2 Å². The van der Waals surface area contributed by atoms with Gasteiger partial charge < -0.3 is 4.74 Å². The molecule has 3 heteroatoms. The maximum atomic E-state index is 11.4. The Morgan fingerprint density at radius 2 is 1.65 bits per heavy atom. The molecule has 1 aromatic carbocycles. The normalized spacial score (nSPS) is 10.7. The SMILES string of the molecule is CCOC(=O)C[n+]1ccc(/C=C/c2ccccc2)cc1. The number of aromatic nitrogens is 1. The lowest BCUT2D eigenvalue weighted by atomic mass is 10.1. The van der Waals surface area contributed by atoms with E-state index >= 15 is 0 Å². The van der Waals surface area contributed by atoms with Crippen molar-refractivity contribution in [2.45, 2.75) is 13.5 Å². The molecule has 0 aliphatic rings. The summed E-state index contributed by atoms with van der Waals surface area (Å²) in [6.45, 7) is 2.47. The number of hydrogen-bond acceptors (Lipinski definition) is 2. The molecular weight excluding hydrogens is 250 g/mol. The van der Waals surface area contributed by atoms with Crippen molar-refractivity contribution in [2.24, 2.45) is 0 Å². The summed E-state index contributed by atoms with van der Waals surface area (Å²) in [7, 11) is 0. The Morgan fingerprint density at radius 3 is 2.25 bits per heavy atom. The number of esters is 1. The molecule has 102 valence electrons. The van der Waals surface area contributed by atoms with E-state index in [0.717, 1.165) is 11.1 Å². The number of benzene rings is 1. The number of carbonyl (C=O) groups is 1. The van der Waals surface area contributed by atoms with Crippen LogP contribution in [0.2, 0.25) is 0 Å². The standard InChI is InChI=1S/C17H18NO2/c1-2-20-17(19)14-18-12-10-16(11-13-18)9-8-15-6-4-3-5-7-15/h3-13H,2,14H2,1H3/q+1/b9-8+. The van der Waals surface area contributed by atoms with Crippen molar-refractivity contribution >= 4 is 18.1 Å². The minimum absolute atomic E-state index is 0.218. The van der Waals surface area contributed by atoms with Crippen LogP contribution < -0.4 is 4.57 Å². The first-order valence-electron chi connectivity index (χ1n) is 6.66. The van der Waals surface area contributed by atoms with Crippen molar-refractivity contribution in [3.05, 3.63) is 66.0 Å². The van der Waals surface area contributed by atoms with E-state index in [4.69, 9.17) is 4.74 Å². The highest BCUT2D eigenvalue weighted by atomic mass is 16.5. The molecule has 1 heterocycles. The Balaban J connectivity index is 1.98. The maximum Gasteiger partial charge on any atom is 0.372 e. The molecule has 0 saturated heterocycles. The summed E-state index contributed by atoms with van der Waals surface area (Å²) in [5.74, 6) is -0.218. The van der Waals surface area contributed by atoms with Gasteiger partial charge in [0, 0.05) is 12.1 Å². The lowest BCUT2D eigenvalue weighted by Crippen LogP contribution is -2.37. The number of nitrogens with zero attached hydrogens (tertiary/aromatic N) is 1. The summed E-state index contributed by atoms with van der Waals surface area (Å²) in [5, 5.41) is 0. The van der Waals surface area contributed by atoms with Crippen LogP contribution in [0.3, 0.4) is 0 Å². The van der Waals surface area contributed by atoms with Crippen LogP contribution in [-0.4, -0.2) is 12.6 Å². The van der Waals surface area contributed by atoms with Crippen molar-refractivity contribution in [3.8, 4) is 0 Å². The molecular formula is C17H18NO2+. The highest BCUT2D eigenvalue weighted by molar-refractivity contribution is 5.69. The van der Waals surface area contributed by atoms with Crippen molar-refractivity contribution in [1.82, 2.24) is 0 Å². The summed E-state index contributed by atoms with van der Waals surface area (Å²) in [6.07, 6.45) is 7.86. The van der Waals surface area contributed by atoms with Crippen LogP contribution in [0, 0.1) is 0 Å². The maximum absolute atomic E-state index is 11.4. The van der Waals surface area contributed by atoms with Crippen LogP contribution in [0.25, 0.3) is 12.2 Å². The summed E-state index contributed by atoms with van der Waals surface area (Å²) in [5.41, 5.74) is 2.25. The minimum Gasteiger partial charge on any atom is -0.461 e. The van der Waals surface area contributed by atoms with Gasteiger partial charge in [-0.15, -0.1) is 0 Å². The van der Waals surface area contributed by atoms with E-state index in [1.165, 1.54) is 0 Å². The first-order valence-corrected chi connectivity index (χ1v) is 6.66. The minimum atomic E-state index is -0.218. The summed E-state index contributed by atoms with van der Waals surface area (Å²) in [4.78, 5) is 11.4. The largest absolute Gasteiger partial charge is 0.461 e. The van der Waals surface area contributed by atoms with Gasteiger partial charge in [-0.3, -0.25) is 0 Å². The molecule has 0 unspecified atom stereocenters. The van der Waals surface area contributed by atoms with E-state index in [1.807, 2.05) is 48.8 Å². The van der Waals surface area contributed by atoms with Crippen LogP contribution in [0.5, 0.6) is 0 Å². The molecule has 2 aromatic rings.